The third-order valence-corrected chi connectivity index (χ3v) is 10.7. The maximum atomic E-state index is 13.3. The SMILES string of the molecule is CN1CCC[C@@H]1c1cc2cnc(NC(=O)c3ccc(OCCN4CCN(c5cccc6c5CN(C5CCC(=O)NC5=O)C6=O)CC4)cc3)cc2[nH]1. The van der Waals surface area contributed by atoms with Crippen LogP contribution in [0.25, 0.3) is 10.9 Å². The number of rotatable bonds is 9. The Balaban J connectivity index is 0.803. The Morgan fingerprint density at radius 3 is 2.57 bits per heavy atom. The van der Waals surface area contributed by atoms with Crippen LogP contribution in [0.4, 0.5) is 11.5 Å². The molecule has 4 aromatic rings. The number of aromatic amines is 1. The molecule has 264 valence electrons. The van der Waals surface area contributed by atoms with Gasteiger partial charge in [0.05, 0.1) is 5.52 Å². The van der Waals surface area contributed by atoms with Crippen molar-refractivity contribution < 1.29 is 23.9 Å². The van der Waals surface area contributed by atoms with Crippen molar-refractivity contribution in [2.24, 2.45) is 0 Å². The summed E-state index contributed by atoms with van der Waals surface area (Å²) < 4.78 is 6.03. The summed E-state index contributed by atoms with van der Waals surface area (Å²) in [5, 5.41) is 6.32. The van der Waals surface area contributed by atoms with Crippen LogP contribution in [0.5, 0.6) is 5.75 Å². The van der Waals surface area contributed by atoms with Gasteiger partial charge in [-0.3, -0.25) is 34.3 Å². The average Bonchev–Trinajstić information content (AvgIpc) is 3.85. The van der Waals surface area contributed by atoms with Gasteiger partial charge in [-0.15, -0.1) is 0 Å². The number of hydrogen-bond acceptors (Lipinski definition) is 9. The van der Waals surface area contributed by atoms with Gasteiger partial charge in [-0.1, -0.05) is 6.07 Å². The number of imide groups is 1. The van der Waals surface area contributed by atoms with Crippen molar-refractivity contribution in [1.82, 2.24) is 30.0 Å². The molecule has 13 nitrogen and oxygen atoms in total. The standard InChI is InChI=1S/C38H42N8O5/c1-43-13-3-6-32(43)30-20-25-22-39-34(21-29(25)40-30)41-36(48)24-7-9-26(10-8-24)51-19-18-44-14-16-45(17-15-44)31-5-2-4-27-28(31)23-46(38(27)50)33-11-12-35(47)42-37(33)49/h2,4-5,7-10,20-22,32-33,40H,3,6,11-19,23H2,1H3,(H,39,41,48)(H,42,47,49)/t32-,33?/m1/s1. The molecule has 6 heterocycles. The van der Waals surface area contributed by atoms with Crippen molar-refractivity contribution in [1.29, 1.82) is 0 Å². The minimum Gasteiger partial charge on any atom is -0.492 e. The van der Waals surface area contributed by atoms with Crippen LogP contribution in [0.1, 0.15) is 63.7 Å². The smallest absolute Gasteiger partial charge is 0.256 e. The van der Waals surface area contributed by atoms with Gasteiger partial charge in [-0.05, 0) is 75.3 Å². The lowest BCUT2D eigenvalue weighted by Crippen LogP contribution is -2.52. The van der Waals surface area contributed by atoms with Gasteiger partial charge < -0.3 is 24.8 Å². The number of piperazine rings is 1. The van der Waals surface area contributed by atoms with Gasteiger partial charge in [0.2, 0.25) is 11.8 Å². The fraction of sp³-hybridized carbons (Fsp3) is 0.395. The number of nitrogens with zero attached hydrogens (tertiary/aromatic N) is 5. The summed E-state index contributed by atoms with van der Waals surface area (Å²) >= 11 is 0. The van der Waals surface area contributed by atoms with E-state index in [2.05, 4.69) is 48.4 Å². The summed E-state index contributed by atoms with van der Waals surface area (Å²) in [6.45, 7) is 6.04. The Bertz CT molecular complexity index is 1990. The summed E-state index contributed by atoms with van der Waals surface area (Å²) in [6, 6.07) is 16.7. The number of H-pyrrole nitrogens is 1. The molecular weight excluding hydrogens is 648 g/mol. The van der Waals surface area contributed by atoms with E-state index in [1.165, 1.54) is 12.1 Å². The number of anilines is 2. The molecule has 3 saturated heterocycles. The van der Waals surface area contributed by atoms with Crippen molar-refractivity contribution in [3.63, 3.8) is 0 Å². The van der Waals surface area contributed by atoms with Crippen LogP contribution in [0, 0.1) is 0 Å². The van der Waals surface area contributed by atoms with Crippen molar-refractivity contribution in [2.45, 2.75) is 44.3 Å². The molecule has 2 aromatic carbocycles. The Kier molecular flexibility index (Phi) is 8.90. The first-order valence-corrected chi connectivity index (χ1v) is 17.8. The van der Waals surface area contributed by atoms with Gasteiger partial charge >= 0.3 is 0 Å². The van der Waals surface area contributed by atoms with E-state index in [-0.39, 0.29) is 24.1 Å². The number of aromatic nitrogens is 2. The normalized spacial score (nSPS) is 21.3. The highest BCUT2D eigenvalue weighted by Crippen LogP contribution is 2.35. The van der Waals surface area contributed by atoms with E-state index in [1.54, 1.807) is 23.2 Å². The Morgan fingerprint density at radius 1 is 0.980 bits per heavy atom. The van der Waals surface area contributed by atoms with Gasteiger partial charge in [-0.2, -0.15) is 0 Å². The van der Waals surface area contributed by atoms with E-state index >= 15 is 0 Å². The first-order valence-electron chi connectivity index (χ1n) is 17.8. The third-order valence-electron chi connectivity index (χ3n) is 10.7. The molecule has 4 amide bonds. The molecule has 51 heavy (non-hydrogen) atoms. The molecule has 2 aromatic heterocycles. The molecule has 4 aliphatic rings. The van der Waals surface area contributed by atoms with Crippen LogP contribution >= 0.6 is 0 Å². The van der Waals surface area contributed by atoms with E-state index < -0.39 is 11.9 Å². The van der Waals surface area contributed by atoms with Crippen LogP contribution in [-0.4, -0.2) is 107 Å². The Morgan fingerprint density at radius 2 is 1.80 bits per heavy atom. The predicted octanol–water partition coefficient (Wildman–Crippen LogP) is 3.54. The molecule has 0 aliphatic carbocycles. The molecular formula is C38H42N8O5. The summed E-state index contributed by atoms with van der Waals surface area (Å²) in [5.41, 5.74) is 5.27. The van der Waals surface area contributed by atoms with Crippen molar-refractivity contribution in [3.05, 3.63) is 83.2 Å². The molecule has 4 aliphatic heterocycles. The topological polar surface area (TPSA) is 143 Å². The van der Waals surface area contributed by atoms with Crippen molar-refractivity contribution in [3.8, 4) is 5.75 Å². The number of carbonyl (C=O) groups is 4. The number of fused-ring (bicyclic) bond motifs is 2. The number of benzene rings is 2. The van der Waals surface area contributed by atoms with Crippen LogP contribution in [0.3, 0.4) is 0 Å². The number of likely N-dealkylation sites (tertiary alicyclic amines) is 1. The molecule has 1 unspecified atom stereocenters. The lowest BCUT2D eigenvalue weighted by molar-refractivity contribution is -0.136. The van der Waals surface area contributed by atoms with E-state index in [9.17, 15) is 19.2 Å². The summed E-state index contributed by atoms with van der Waals surface area (Å²) in [5.74, 6) is 0.129. The zero-order valence-electron chi connectivity index (χ0n) is 28.7. The number of ether oxygens (including phenoxy) is 1. The number of pyridine rings is 1. The first-order chi connectivity index (χ1) is 24.8. The zero-order valence-corrected chi connectivity index (χ0v) is 28.7. The molecule has 2 atom stereocenters. The van der Waals surface area contributed by atoms with Gasteiger partial charge in [0.1, 0.15) is 24.2 Å². The molecule has 0 spiro atoms. The molecule has 8 rings (SSSR count). The van der Waals surface area contributed by atoms with Crippen LogP contribution in [0.2, 0.25) is 0 Å². The molecule has 3 fully saturated rings. The van der Waals surface area contributed by atoms with E-state index in [0.29, 0.717) is 48.3 Å². The quantitative estimate of drug-likeness (QED) is 0.225. The van der Waals surface area contributed by atoms with Crippen LogP contribution in [-0.2, 0) is 16.1 Å². The number of hydrogen-bond donors (Lipinski definition) is 3. The predicted molar refractivity (Wildman–Crippen MR) is 192 cm³/mol. The second-order valence-corrected chi connectivity index (χ2v) is 13.9. The molecule has 13 heteroatoms. The van der Waals surface area contributed by atoms with Gasteiger partial charge in [-0.25, -0.2) is 4.98 Å². The first kappa shape index (κ1) is 32.9. The average molecular weight is 691 g/mol. The molecule has 3 N–H and O–H groups in total. The maximum absolute atomic E-state index is 13.3. The fourth-order valence-corrected chi connectivity index (χ4v) is 7.86. The van der Waals surface area contributed by atoms with Gasteiger partial charge in [0.25, 0.3) is 11.8 Å². The monoisotopic (exact) mass is 690 g/mol. The molecule has 0 saturated carbocycles. The molecule has 0 radical (unpaired) electrons. The van der Waals surface area contributed by atoms with Crippen molar-refractivity contribution >= 4 is 46.0 Å². The fourth-order valence-electron chi connectivity index (χ4n) is 7.86. The number of nitrogens with one attached hydrogen (secondary N) is 3. The Hall–Kier alpha value is -5.27. The lowest BCUT2D eigenvalue weighted by Gasteiger charge is -2.37. The number of carbonyl (C=O) groups excluding carboxylic acids is 4. The van der Waals surface area contributed by atoms with Crippen LogP contribution in [0.15, 0.2) is 60.8 Å². The van der Waals surface area contributed by atoms with Gasteiger partial charge in [0, 0.05) is 97.5 Å². The second-order valence-electron chi connectivity index (χ2n) is 13.9. The van der Waals surface area contributed by atoms with E-state index in [4.69, 9.17) is 4.74 Å². The number of amides is 4. The van der Waals surface area contributed by atoms with Gasteiger partial charge in [0.15, 0.2) is 0 Å². The summed E-state index contributed by atoms with van der Waals surface area (Å²) in [4.78, 5) is 67.0. The lowest BCUT2D eigenvalue weighted by atomic mass is 10.0. The highest BCUT2D eigenvalue weighted by molar-refractivity contribution is 6.06. The molecule has 0 bridgehead atoms. The maximum Gasteiger partial charge on any atom is 0.256 e. The highest BCUT2D eigenvalue weighted by Gasteiger charge is 2.40. The van der Waals surface area contributed by atoms with Crippen LogP contribution < -0.4 is 20.3 Å². The minimum absolute atomic E-state index is 0.154. The summed E-state index contributed by atoms with van der Waals surface area (Å²) in [7, 11) is 2.15. The minimum atomic E-state index is -0.624. The largest absolute Gasteiger partial charge is 0.492 e. The van der Waals surface area contributed by atoms with E-state index in [1.807, 2.05) is 36.4 Å². The summed E-state index contributed by atoms with van der Waals surface area (Å²) in [6.07, 6.45) is 4.71. The second kappa shape index (κ2) is 13.8. The number of piperidine rings is 1. The van der Waals surface area contributed by atoms with Crippen molar-refractivity contribution in [2.75, 3.05) is 63.1 Å². The Labute approximate surface area is 295 Å². The zero-order chi connectivity index (χ0) is 35.1. The third kappa shape index (κ3) is 6.66. The van der Waals surface area contributed by atoms with E-state index in [0.717, 1.165) is 67.8 Å². The highest BCUT2D eigenvalue weighted by atomic mass is 16.5.